The number of amides is 2. The van der Waals surface area contributed by atoms with Crippen LogP contribution in [0.4, 0.5) is 4.79 Å². The molecule has 1 saturated heterocycles. The van der Waals surface area contributed by atoms with Crippen LogP contribution in [0.5, 0.6) is 0 Å². The maximum atomic E-state index is 12.9. The predicted octanol–water partition coefficient (Wildman–Crippen LogP) is 2.69. The van der Waals surface area contributed by atoms with Gasteiger partial charge in [0.05, 0.1) is 12.6 Å². The van der Waals surface area contributed by atoms with Crippen LogP contribution < -0.4 is 5.32 Å². The summed E-state index contributed by atoms with van der Waals surface area (Å²) in [6.07, 6.45) is -0.535. The summed E-state index contributed by atoms with van der Waals surface area (Å²) in [5.74, 6) is -0.643. The van der Waals surface area contributed by atoms with Gasteiger partial charge in [-0.1, -0.05) is 30.3 Å². The molecule has 1 aromatic carbocycles. The highest BCUT2D eigenvalue weighted by molar-refractivity contribution is 5.83. The van der Waals surface area contributed by atoms with E-state index >= 15 is 0 Å². The summed E-state index contributed by atoms with van der Waals surface area (Å²) in [6.45, 7) is 9.34. The van der Waals surface area contributed by atoms with Crippen molar-refractivity contribution in [2.24, 2.45) is 0 Å². The van der Waals surface area contributed by atoms with Crippen LogP contribution in [0.15, 0.2) is 30.3 Å². The monoisotopic (exact) mass is 378 g/mol. The molecule has 1 aliphatic heterocycles. The number of hydrogen-bond acceptors (Lipinski definition) is 5. The molecule has 1 fully saturated rings. The Labute approximate surface area is 161 Å². The fraction of sp³-hybridized carbons (Fsp3) is 0.600. The number of hydrogen-bond donors (Lipinski definition) is 1. The van der Waals surface area contributed by atoms with E-state index < -0.39 is 29.6 Å². The van der Waals surface area contributed by atoms with Gasteiger partial charge in [-0.15, -0.1) is 0 Å². The maximum Gasteiger partial charge on any atom is 0.357 e. The van der Waals surface area contributed by atoms with E-state index in [0.717, 1.165) is 5.56 Å². The van der Waals surface area contributed by atoms with Gasteiger partial charge in [-0.25, -0.2) is 9.59 Å². The molecule has 2 amide bonds. The molecule has 7 nitrogen and oxygen atoms in total. The van der Waals surface area contributed by atoms with Gasteiger partial charge in [0.25, 0.3) is 0 Å². The summed E-state index contributed by atoms with van der Waals surface area (Å²) >= 11 is 0. The van der Waals surface area contributed by atoms with Crippen LogP contribution in [-0.2, 0) is 25.4 Å². The molecule has 27 heavy (non-hydrogen) atoms. The molecule has 0 bridgehead atoms. The molecule has 1 heterocycles. The number of carbonyl (C=O) groups excluding carboxylic acids is 2. The van der Waals surface area contributed by atoms with Crippen LogP contribution in [0.25, 0.3) is 0 Å². The minimum atomic E-state index is -1.19. The van der Waals surface area contributed by atoms with E-state index in [-0.39, 0.29) is 6.04 Å². The van der Waals surface area contributed by atoms with E-state index in [1.807, 2.05) is 44.2 Å². The van der Waals surface area contributed by atoms with E-state index in [9.17, 15) is 9.59 Å². The number of urea groups is 1. The minimum absolute atomic E-state index is 0.154. The van der Waals surface area contributed by atoms with Crippen molar-refractivity contribution < 1.29 is 23.8 Å². The second-order valence-corrected chi connectivity index (χ2v) is 8.07. The molecular weight excluding hydrogens is 348 g/mol. The highest BCUT2D eigenvalue weighted by Crippen LogP contribution is 2.29. The molecule has 0 spiro atoms. The van der Waals surface area contributed by atoms with Gasteiger partial charge in [-0.05, 0) is 46.6 Å². The molecule has 0 aliphatic carbocycles. The summed E-state index contributed by atoms with van der Waals surface area (Å²) in [6, 6.07) is 9.32. The zero-order valence-electron chi connectivity index (χ0n) is 16.9. The van der Waals surface area contributed by atoms with Gasteiger partial charge < -0.3 is 19.5 Å². The lowest BCUT2D eigenvalue weighted by atomic mass is 10.1. The molecule has 2 rings (SSSR count). The highest BCUT2D eigenvalue weighted by Gasteiger charge is 2.44. The van der Waals surface area contributed by atoms with Crippen molar-refractivity contribution in [1.29, 1.82) is 0 Å². The van der Waals surface area contributed by atoms with E-state index in [1.165, 1.54) is 7.11 Å². The first-order valence-corrected chi connectivity index (χ1v) is 9.07. The molecule has 0 aromatic heterocycles. The van der Waals surface area contributed by atoms with E-state index in [2.05, 4.69) is 5.32 Å². The molecule has 2 atom stereocenters. The molecule has 7 heteroatoms. The maximum absolute atomic E-state index is 12.9. The van der Waals surface area contributed by atoms with E-state index in [4.69, 9.17) is 14.2 Å². The number of nitrogens with zero attached hydrogens (tertiary/aromatic N) is 1. The molecular formula is C20H30N2O5. The first kappa shape index (κ1) is 21.2. The Morgan fingerprint density at radius 1 is 1.30 bits per heavy atom. The largest absolute Gasteiger partial charge is 0.457 e. The SMILES string of the molecule is COC(NC(=O)N1C(Cc2ccccc2)COC1(C)C)C(=O)OC(C)(C)C. The van der Waals surface area contributed by atoms with Crippen LogP contribution in [0, 0.1) is 0 Å². The lowest BCUT2D eigenvalue weighted by molar-refractivity contribution is -0.168. The number of ether oxygens (including phenoxy) is 3. The third kappa shape index (κ3) is 5.68. The standard InChI is InChI=1S/C20H30N2O5/c1-19(2,3)27-17(23)16(25-6)21-18(24)22-15(13-26-20(22,4)5)12-14-10-8-7-9-11-14/h7-11,15-16H,12-13H2,1-6H3,(H,21,24). The predicted molar refractivity (Wildman–Crippen MR) is 101 cm³/mol. The zero-order chi connectivity index (χ0) is 20.2. The topological polar surface area (TPSA) is 77.1 Å². The van der Waals surface area contributed by atoms with Gasteiger partial charge in [-0.3, -0.25) is 4.90 Å². The van der Waals surface area contributed by atoms with E-state index in [1.54, 1.807) is 25.7 Å². The average molecular weight is 378 g/mol. The Morgan fingerprint density at radius 3 is 2.48 bits per heavy atom. The highest BCUT2D eigenvalue weighted by atomic mass is 16.6. The molecule has 1 N–H and O–H groups in total. The van der Waals surface area contributed by atoms with Gasteiger partial charge in [0.15, 0.2) is 0 Å². The van der Waals surface area contributed by atoms with Gasteiger partial charge in [0.2, 0.25) is 6.23 Å². The van der Waals surface area contributed by atoms with Gasteiger partial charge in [0.1, 0.15) is 11.3 Å². The summed E-state index contributed by atoms with van der Waals surface area (Å²) in [5.41, 5.74) is -0.364. The summed E-state index contributed by atoms with van der Waals surface area (Å²) < 4.78 is 16.3. The molecule has 150 valence electrons. The van der Waals surface area contributed by atoms with Crippen LogP contribution in [0.1, 0.15) is 40.2 Å². The quantitative estimate of drug-likeness (QED) is 0.630. The molecule has 0 radical (unpaired) electrons. The third-order valence-corrected chi connectivity index (χ3v) is 4.22. The van der Waals surface area contributed by atoms with Crippen molar-refractivity contribution in [3.63, 3.8) is 0 Å². The Bertz CT molecular complexity index is 654. The average Bonchev–Trinajstić information content (AvgIpc) is 2.86. The van der Waals surface area contributed by atoms with Crippen molar-refractivity contribution in [2.75, 3.05) is 13.7 Å². The Kier molecular flexibility index (Phi) is 6.49. The fourth-order valence-corrected chi connectivity index (χ4v) is 3.08. The summed E-state index contributed by atoms with van der Waals surface area (Å²) in [5, 5.41) is 2.61. The molecule has 1 aromatic rings. The first-order chi connectivity index (χ1) is 12.5. The lowest BCUT2D eigenvalue weighted by Crippen LogP contribution is -2.57. The van der Waals surface area contributed by atoms with Gasteiger partial charge >= 0.3 is 12.0 Å². The van der Waals surface area contributed by atoms with Crippen molar-refractivity contribution >= 4 is 12.0 Å². The van der Waals surface area contributed by atoms with Crippen LogP contribution in [-0.4, -0.2) is 54.2 Å². The Balaban J connectivity index is 2.11. The normalized spacial score (nSPS) is 20.2. The molecule has 2 unspecified atom stereocenters. The van der Waals surface area contributed by atoms with Gasteiger partial charge in [0, 0.05) is 7.11 Å². The van der Waals surface area contributed by atoms with Crippen LogP contribution in [0.2, 0.25) is 0 Å². The Morgan fingerprint density at radius 2 is 1.93 bits per heavy atom. The van der Waals surface area contributed by atoms with Crippen molar-refractivity contribution in [3.8, 4) is 0 Å². The third-order valence-electron chi connectivity index (χ3n) is 4.22. The van der Waals surface area contributed by atoms with Crippen molar-refractivity contribution in [1.82, 2.24) is 10.2 Å². The molecule has 0 saturated carbocycles. The number of esters is 1. The minimum Gasteiger partial charge on any atom is -0.457 e. The number of rotatable bonds is 5. The summed E-state index contributed by atoms with van der Waals surface area (Å²) in [7, 11) is 1.35. The smallest absolute Gasteiger partial charge is 0.357 e. The van der Waals surface area contributed by atoms with E-state index in [0.29, 0.717) is 13.0 Å². The lowest BCUT2D eigenvalue weighted by Gasteiger charge is -2.35. The first-order valence-electron chi connectivity index (χ1n) is 9.07. The van der Waals surface area contributed by atoms with Gasteiger partial charge in [-0.2, -0.15) is 0 Å². The summed E-state index contributed by atoms with van der Waals surface area (Å²) in [4.78, 5) is 26.8. The van der Waals surface area contributed by atoms with Crippen LogP contribution in [0.3, 0.4) is 0 Å². The number of benzene rings is 1. The number of nitrogens with one attached hydrogen (secondary N) is 1. The zero-order valence-corrected chi connectivity index (χ0v) is 16.9. The second-order valence-electron chi connectivity index (χ2n) is 8.07. The fourth-order valence-electron chi connectivity index (χ4n) is 3.08. The number of carbonyl (C=O) groups is 2. The van der Waals surface area contributed by atoms with Crippen molar-refractivity contribution in [3.05, 3.63) is 35.9 Å². The number of methoxy groups -OCH3 is 1. The molecule has 1 aliphatic rings. The van der Waals surface area contributed by atoms with Crippen LogP contribution >= 0.6 is 0 Å². The van der Waals surface area contributed by atoms with Crippen molar-refractivity contribution in [2.45, 2.75) is 64.6 Å². The Hall–Kier alpha value is -2.12. The second kappa shape index (κ2) is 8.27.